The summed E-state index contributed by atoms with van der Waals surface area (Å²) in [6, 6.07) is 0.195. The molecule has 0 amide bonds. The Morgan fingerprint density at radius 2 is 2.54 bits per heavy atom. The number of aryl methyl sites for hydroxylation is 1. The second-order valence-corrected chi connectivity index (χ2v) is 2.93. The summed E-state index contributed by atoms with van der Waals surface area (Å²) in [5.41, 5.74) is 0. The molecule has 1 N–H and O–H groups in total. The van der Waals surface area contributed by atoms with E-state index in [1.807, 2.05) is 18.5 Å². The van der Waals surface area contributed by atoms with Gasteiger partial charge in [0.05, 0.1) is 6.04 Å². The Hall–Kier alpha value is -1.34. The van der Waals surface area contributed by atoms with Crippen molar-refractivity contribution in [1.29, 1.82) is 0 Å². The number of hydrogen-bond donors (Lipinski definition) is 1. The normalized spacial score (nSPS) is 12.4. The first-order chi connectivity index (χ1) is 6.25. The van der Waals surface area contributed by atoms with Crippen molar-refractivity contribution in [3.05, 3.63) is 12.2 Å². The molecule has 1 aromatic heterocycles. The van der Waals surface area contributed by atoms with Gasteiger partial charge in [0, 0.05) is 20.0 Å². The van der Waals surface area contributed by atoms with Crippen molar-refractivity contribution in [3.8, 4) is 12.3 Å². The van der Waals surface area contributed by atoms with E-state index in [0.29, 0.717) is 0 Å². The third-order valence-corrected chi connectivity index (χ3v) is 1.85. The van der Waals surface area contributed by atoms with E-state index >= 15 is 0 Å². The van der Waals surface area contributed by atoms with Crippen LogP contribution in [-0.4, -0.2) is 21.3 Å². The van der Waals surface area contributed by atoms with Gasteiger partial charge in [0.1, 0.15) is 12.2 Å². The molecule has 0 bridgehead atoms. The van der Waals surface area contributed by atoms with Gasteiger partial charge in [-0.1, -0.05) is 0 Å². The lowest BCUT2D eigenvalue weighted by Crippen LogP contribution is -2.22. The van der Waals surface area contributed by atoms with E-state index in [1.54, 1.807) is 6.33 Å². The zero-order chi connectivity index (χ0) is 9.68. The summed E-state index contributed by atoms with van der Waals surface area (Å²) in [5.74, 6) is 3.51. The maximum atomic E-state index is 5.14. The first kappa shape index (κ1) is 9.75. The summed E-state index contributed by atoms with van der Waals surface area (Å²) in [4.78, 5) is 0. The highest BCUT2D eigenvalue weighted by Gasteiger charge is 2.08. The van der Waals surface area contributed by atoms with Crippen molar-refractivity contribution in [1.82, 2.24) is 20.1 Å². The number of nitrogens with zero attached hydrogens (tertiary/aromatic N) is 3. The van der Waals surface area contributed by atoms with Gasteiger partial charge >= 0.3 is 0 Å². The number of terminal acetylenes is 1. The molecule has 13 heavy (non-hydrogen) atoms. The molecule has 0 aliphatic rings. The van der Waals surface area contributed by atoms with E-state index in [2.05, 4.69) is 21.4 Å². The summed E-state index contributed by atoms with van der Waals surface area (Å²) in [5, 5.41) is 11.1. The largest absolute Gasteiger partial charge is 0.319 e. The molecule has 1 rings (SSSR count). The predicted octanol–water partition coefficient (Wildman–Crippen LogP) is 0.489. The molecule has 1 atom stereocenters. The minimum Gasteiger partial charge on any atom is -0.319 e. The molecule has 1 unspecified atom stereocenters. The number of aromatic nitrogens is 3. The van der Waals surface area contributed by atoms with Crippen LogP contribution in [0.5, 0.6) is 0 Å². The van der Waals surface area contributed by atoms with E-state index < -0.39 is 0 Å². The van der Waals surface area contributed by atoms with Crippen LogP contribution in [0, 0.1) is 12.3 Å². The lowest BCUT2D eigenvalue weighted by Gasteiger charge is -2.11. The SMILES string of the molecule is C#CCCNC(C)c1nncn1C. The standard InChI is InChI=1S/C9H14N4/c1-4-5-6-10-8(2)9-12-11-7-13(9)3/h1,7-8,10H,5-6H2,2-3H3. The topological polar surface area (TPSA) is 42.7 Å². The van der Waals surface area contributed by atoms with Gasteiger partial charge in [0.15, 0.2) is 0 Å². The van der Waals surface area contributed by atoms with Crippen LogP contribution < -0.4 is 5.32 Å². The van der Waals surface area contributed by atoms with E-state index in [4.69, 9.17) is 6.42 Å². The van der Waals surface area contributed by atoms with Crippen LogP contribution in [0.1, 0.15) is 25.2 Å². The van der Waals surface area contributed by atoms with Crippen LogP contribution in [0.2, 0.25) is 0 Å². The first-order valence-electron chi connectivity index (χ1n) is 4.26. The fraction of sp³-hybridized carbons (Fsp3) is 0.556. The molecule has 0 fully saturated rings. The van der Waals surface area contributed by atoms with Gasteiger partial charge in [-0.2, -0.15) is 0 Å². The van der Waals surface area contributed by atoms with E-state index in [9.17, 15) is 0 Å². The van der Waals surface area contributed by atoms with E-state index in [0.717, 1.165) is 18.8 Å². The zero-order valence-corrected chi connectivity index (χ0v) is 7.99. The highest BCUT2D eigenvalue weighted by atomic mass is 15.3. The molecule has 4 nitrogen and oxygen atoms in total. The van der Waals surface area contributed by atoms with Crippen LogP contribution >= 0.6 is 0 Å². The molecule has 4 heteroatoms. The maximum Gasteiger partial charge on any atom is 0.149 e. The molecule has 0 aliphatic carbocycles. The van der Waals surface area contributed by atoms with Crippen molar-refractivity contribution in [2.45, 2.75) is 19.4 Å². The van der Waals surface area contributed by atoms with Crippen molar-refractivity contribution in [2.24, 2.45) is 7.05 Å². The average molecular weight is 178 g/mol. The average Bonchev–Trinajstić information content (AvgIpc) is 2.52. The Bertz CT molecular complexity index is 297. The lowest BCUT2D eigenvalue weighted by molar-refractivity contribution is 0.536. The Balaban J connectivity index is 2.45. The maximum absolute atomic E-state index is 5.14. The van der Waals surface area contributed by atoms with Gasteiger partial charge in [-0.3, -0.25) is 0 Å². The zero-order valence-electron chi connectivity index (χ0n) is 7.99. The summed E-state index contributed by atoms with van der Waals surface area (Å²) in [6.45, 7) is 2.85. The predicted molar refractivity (Wildman–Crippen MR) is 50.9 cm³/mol. The highest BCUT2D eigenvalue weighted by Crippen LogP contribution is 2.06. The van der Waals surface area contributed by atoms with E-state index in [1.165, 1.54) is 0 Å². The van der Waals surface area contributed by atoms with Crippen LogP contribution in [-0.2, 0) is 7.05 Å². The van der Waals surface area contributed by atoms with Gasteiger partial charge in [-0.15, -0.1) is 22.5 Å². The molecule has 1 heterocycles. The van der Waals surface area contributed by atoms with Crippen molar-refractivity contribution < 1.29 is 0 Å². The van der Waals surface area contributed by atoms with Gasteiger partial charge in [0.2, 0.25) is 0 Å². The van der Waals surface area contributed by atoms with Gasteiger partial charge in [-0.05, 0) is 6.92 Å². The lowest BCUT2D eigenvalue weighted by atomic mass is 10.3. The quantitative estimate of drug-likeness (QED) is 0.539. The third-order valence-electron chi connectivity index (χ3n) is 1.85. The van der Waals surface area contributed by atoms with Gasteiger partial charge < -0.3 is 9.88 Å². The van der Waals surface area contributed by atoms with Crippen LogP contribution in [0.3, 0.4) is 0 Å². The molecule has 1 aromatic rings. The molecule has 0 saturated carbocycles. The molecule has 70 valence electrons. The fourth-order valence-electron chi connectivity index (χ4n) is 1.14. The molecular formula is C9H14N4. The Kier molecular flexibility index (Phi) is 3.47. The molecule has 0 aromatic carbocycles. The van der Waals surface area contributed by atoms with Gasteiger partial charge in [-0.25, -0.2) is 0 Å². The number of hydrogen-bond acceptors (Lipinski definition) is 3. The smallest absolute Gasteiger partial charge is 0.149 e. The number of rotatable bonds is 4. The summed E-state index contributed by atoms with van der Waals surface area (Å²) in [6.07, 6.45) is 7.57. The molecule has 0 aliphatic heterocycles. The minimum atomic E-state index is 0.195. The van der Waals surface area contributed by atoms with Crippen molar-refractivity contribution >= 4 is 0 Å². The van der Waals surface area contributed by atoms with Crippen LogP contribution in [0.25, 0.3) is 0 Å². The van der Waals surface area contributed by atoms with Crippen LogP contribution in [0.15, 0.2) is 6.33 Å². The minimum absolute atomic E-state index is 0.195. The summed E-state index contributed by atoms with van der Waals surface area (Å²) >= 11 is 0. The monoisotopic (exact) mass is 178 g/mol. The van der Waals surface area contributed by atoms with Gasteiger partial charge in [0.25, 0.3) is 0 Å². The molecule has 0 saturated heterocycles. The summed E-state index contributed by atoms with van der Waals surface area (Å²) < 4.78 is 1.90. The first-order valence-corrected chi connectivity index (χ1v) is 4.26. The fourth-order valence-corrected chi connectivity index (χ4v) is 1.14. The molecular weight excluding hydrogens is 164 g/mol. The van der Waals surface area contributed by atoms with Crippen molar-refractivity contribution in [3.63, 3.8) is 0 Å². The Morgan fingerprint density at radius 3 is 3.08 bits per heavy atom. The molecule has 0 spiro atoms. The second kappa shape index (κ2) is 4.63. The molecule has 0 radical (unpaired) electrons. The highest BCUT2D eigenvalue weighted by molar-refractivity contribution is 4.93. The third kappa shape index (κ3) is 2.56. The van der Waals surface area contributed by atoms with E-state index in [-0.39, 0.29) is 6.04 Å². The second-order valence-electron chi connectivity index (χ2n) is 2.93. The summed E-state index contributed by atoms with van der Waals surface area (Å²) in [7, 11) is 1.93. The Labute approximate surface area is 78.4 Å². The van der Waals surface area contributed by atoms with Crippen molar-refractivity contribution in [2.75, 3.05) is 6.54 Å². The van der Waals surface area contributed by atoms with Crippen LogP contribution in [0.4, 0.5) is 0 Å². The number of nitrogens with one attached hydrogen (secondary N) is 1. The Morgan fingerprint density at radius 1 is 1.77 bits per heavy atom.